The summed E-state index contributed by atoms with van der Waals surface area (Å²) in [6.45, 7) is 6.34. The Bertz CT molecular complexity index is 1300. The summed E-state index contributed by atoms with van der Waals surface area (Å²) < 4.78 is 11.0. The van der Waals surface area contributed by atoms with E-state index < -0.39 is 54.1 Å². The number of nitrogens with one attached hydrogen (secondary N) is 5. The van der Waals surface area contributed by atoms with Crippen molar-refractivity contribution in [3.05, 3.63) is 59.7 Å². The molecule has 0 aliphatic carbocycles. The molecule has 44 heavy (non-hydrogen) atoms. The highest BCUT2D eigenvalue weighted by molar-refractivity contribution is 6.01. The number of ether oxygens (including phenoxy) is 2. The summed E-state index contributed by atoms with van der Waals surface area (Å²) in [7, 11) is 0. The molecule has 0 spiro atoms. The van der Waals surface area contributed by atoms with E-state index in [1.807, 2.05) is 6.92 Å². The molecule has 13 heteroatoms. The maximum absolute atomic E-state index is 13.5. The second-order valence-electron chi connectivity index (χ2n) is 10.6. The SMILES string of the molecule is CCOCCNC(=O)[C@@H]1CC(=O)N[C@@H](Cc2ccc(O)cc2)C(=O)N[C@H](C(C)C)C(=O)NCCOc2ccccc2C(=O)N1. The molecule has 0 unspecified atom stereocenters. The number of phenolic OH excluding ortho intramolecular Hbond substituents is 1. The minimum Gasteiger partial charge on any atom is -0.508 e. The second-order valence-corrected chi connectivity index (χ2v) is 10.6. The van der Waals surface area contributed by atoms with Crippen LogP contribution in [0.1, 0.15) is 43.1 Å². The Balaban J connectivity index is 1.94. The molecule has 2 aromatic carbocycles. The number of hydrogen-bond donors (Lipinski definition) is 6. The molecular formula is C31H41N5O8. The molecule has 5 amide bonds. The van der Waals surface area contributed by atoms with Gasteiger partial charge in [0, 0.05) is 19.6 Å². The average Bonchev–Trinajstić information content (AvgIpc) is 2.99. The summed E-state index contributed by atoms with van der Waals surface area (Å²) in [5.74, 6) is -3.03. The molecule has 13 nitrogen and oxygen atoms in total. The van der Waals surface area contributed by atoms with Crippen molar-refractivity contribution in [1.29, 1.82) is 0 Å². The molecule has 0 radical (unpaired) electrons. The van der Waals surface area contributed by atoms with Crippen LogP contribution < -0.4 is 31.3 Å². The van der Waals surface area contributed by atoms with E-state index in [1.54, 1.807) is 44.2 Å². The largest absolute Gasteiger partial charge is 0.508 e. The first-order valence-corrected chi connectivity index (χ1v) is 14.6. The maximum Gasteiger partial charge on any atom is 0.255 e. The molecule has 3 rings (SSSR count). The number of rotatable bonds is 8. The fraction of sp³-hybridized carbons (Fsp3) is 0.452. The van der Waals surface area contributed by atoms with Crippen molar-refractivity contribution < 1.29 is 38.6 Å². The molecular weight excluding hydrogens is 570 g/mol. The number of carbonyl (C=O) groups excluding carboxylic acids is 5. The van der Waals surface area contributed by atoms with Gasteiger partial charge in [0.25, 0.3) is 5.91 Å². The number of amides is 5. The smallest absolute Gasteiger partial charge is 0.255 e. The molecule has 3 atom stereocenters. The average molecular weight is 612 g/mol. The normalized spacial score (nSPS) is 20.2. The van der Waals surface area contributed by atoms with Crippen LogP contribution in [0.2, 0.25) is 0 Å². The van der Waals surface area contributed by atoms with Crippen molar-refractivity contribution in [2.24, 2.45) is 5.92 Å². The standard InChI is InChI=1S/C31H41N5O8/c1-4-43-15-13-32-29(40)24-18-26(38)34-23(17-20-9-11-21(37)12-10-20)30(41)36-27(19(2)3)31(42)33-14-16-44-25-8-6-5-7-22(25)28(39)35-24/h5-12,19,23-24,27,37H,4,13-18H2,1-3H3,(H,32,40)(H,33,42)(H,34,38)(H,35,39)(H,36,41)/t23-,24-,27+/m0/s1. The van der Waals surface area contributed by atoms with Gasteiger partial charge < -0.3 is 41.2 Å². The lowest BCUT2D eigenvalue weighted by molar-refractivity contribution is -0.133. The molecule has 1 heterocycles. The summed E-state index contributed by atoms with van der Waals surface area (Å²) in [5.41, 5.74) is 0.768. The van der Waals surface area contributed by atoms with Crippen LogP contribution in [-0.2, 0) is 30.3 Å². The lowest BCUT2D eigenvalue weighted by Gasteiger charge is -2.26. The van der Waals surface area contributed by atoms with Gasteiger partial charge in [0.05, 0.1) is 25.1 Å². The van der Waals surface area contributed by atoms with E-state index in [0.717, 1.165) is 0 Å². The van der Waals surface area contributed by atoms with Crippen LogP contribution >= 0.6 is 0 Å². The molecule has 1 aliphatic rings. The predicted molar refractivity (Wildman–Crippen MR) is 161 cm³/mol. The van der Waals surface area contributed by atoms with E-state index in [-0.39, 0.29) is 55.7 Å². The van der Waals surface area contributed by atoms with Crippen LogP contribution in [-0.4, -0.2) is 85.7 Å². The third-order valence-electron chi connectivity index (χ3n) is 6.83. The third kappa shape index (κ3) is 10.3. The van der Waals surface area contributed by atoms with Crippen LogP contribution in [0.3, 0.4) is 0 Å². The molecule has 0 fully saturated rings. The van der Waals surface area contributed by atoms with Crippen LogP contribution in [0.4, 0.5) is 0 Å². The minimum atomic E-state index is -1.29. The van der Waals surface area contributed by atoms with Gasteiger partial charge in [-0.05, 0) is 42.7 Å². The molecule has 0 saturated heterocycles. The topological polar surface area (TPSA) is 184 Å². The van der Waals surface area contributed by atoms with Gasteiger partial charge in [-0.15, -0.1) is 0 Å². The van der Waals surface area contributed by atoms with Gasteiger partial charge >= 0.3 is 0 Å². The van der Waals surface area contributed by atoms with Crippen molar-refractivity contribution in [3.63, 3.8) is 0 Å². The molecule has 238 valence electrons. The van der Waals surface area contributed by atoms with E-state index in [9.17, 15) is 29.1 Å². The number of carbonyl (C=O) groups is 5. The first-order valence-electron chi connectivity index (χ1n) is 14.6. The minimum absolute atomic E-state index is 0.0274. The van der Waals surface area contributed by atoms with Crippen molar-refractivity contribution in [3.8, 4) is 11.5 Å². The van der Waals surface area contributed by atoms with Gasteiger partial charge in [0.15, 0.2) is 0 Å². The molecule has 0 aromatic heterocycles. The Morgan fingerprint density at radius 1 is 1.02 bits per heavy atom. The number of phenols is 1. The Morgan fingerprint density at radius 2 is 1.75 bits per heavy atom. The molecule has 0 bridgehead atoms. The first kappa shape index (κ1) is 33.8. The Kier molecular flexibility index (Phi) is 13.0. The van der Waals surface area contributed by atoms with E-state index in [4.69, 9.17) is 9.47 Å². The Morgan fingerprint density at radius 3 is 2.45 bits per heavy atom. The highest BCUT2D eigenvalue weighted by Gasteiger charge is 2.31. The Hall–Kier alpha value is -4.65. The zero-order chi connectivity index (χ0) is 32.1. The van der Waals surface area contributed by atoms with Crippen molar-refractivity contribution in [1.82, 2.24) is 26.6 Å². The fourth-order valence-corrected chi connectivity index (χ4v) is 4.49. The lowest BCUT2D eigenvalue weighted by atomic mass is 10.0. The molecule has 0 saturated carbocycles. The van der Waals surface area contributed by atoms with Crippen LogP contribution in [0.25, 0.3) is 0 Å². The monoisotopic (exact) mass is 611 g/mol. The molecule has 2 aromatic rings. The lowest BCUT2D eigenvalue weighted by Crippen LogP contribution is -2.57. The summed E-state index contributed by atoms with van der Waals surface area (Å²) in [4.78, 5) is 66.4. The van der Waals surface area contributed by atoms with Crippen molar-refractivity contribution >= 4 is 29.5 Å². The second kappa shape index (κ2) is 16.8. The number of hydrogen-bond acceptors (Lipinski definition) is 8. The predicted octanol–water partition coefficient (Wildman–Crippen LogP) is 0.410. The summed E-state index contributed by atoms with van der Waals surface area (Å²) in [6.07, 6.45) is -0.453. The van der Waals surface area contributed by atoms with Crippen LogP contribution in [0.5, 0.6) is 11.5 Å². The molecule has 6 N–H and O–H groups in total. The van der Waals surface area contributed by atoms with Crippen molar-refractivity contribution in [2.45, 2.75) is 51.7 Å². The zero-order valence-corrected chi connectivity index (χ0v) is 25.2. The zero-order valence-electron chi connectivity index (χ0n) is 25.2. The Labute approximate surface area is 256 Å². The van der Waals surface area contributed by atoms with Gasteiger partial charge in [-0.2, -0.15) is 0 Å². The number of benzene rings is 2. The molecule has 1 aliphatic heterocycles. The third-order valence-corrected chi connectivity index (χ3v) is 6.83. The quantitative estimate of drug-likeness (QED) is 0.232. The van der Waals surface area contributed by atoms with E-state index in [0.29, 0.717) is 12.2 Å². The van der Waals surface area contributed by atoms with Gasteiger partial charge in [-0.1, -0.05) is 38.1 Å². The number of aromatic hydroxyl groups is 1. The van der Waals surface area contributed by atoms with Crippen LogP contribution in [0.15, 0.2) is 48.5 Å². The van der Waals surface area contributed by atoms with Crippen molar-refractivity contribution in [2.75, 3.05) is 32.9 Å². The number of fused-ring (bicyclic) bond motifs is 1. The fourth-order valence-electron chi connectivity index (χ4n) is 4.49. The highest BCUT2D eigenvalue weighted by Crippen LogP contribution is 2.18. The number of para-hydroxylation sites is 1. The van der Waals surface area contributed by atoms with Crippen LogP contribution in [0, 0.1) is 5.92 Å². The van der Waals surface area contributed by atoms with Gasteiger partial charge in [-0.25, -0.2) is 0 Å². The first-order chi connectivity index (χ1) is 21.1. The highest BCUT2D eigenvalue weighted by atomic mass is 16.5. The van der Waals surface area contributed by atoms with Gasteiger partial charge in [0.1, 0.15) is 36.2 Å². The van der Waals surface area contributed by atoms with E-state index >= 15 is 0 Å². The maximum atomic E-state index is 13.5. The summed E-state index contributed by atoms with van der Waals surface area (Å²) >= 11 is 0. The summed E-state index contributed by atoms with van der Waals surface area (Å²) in [5, 5.41) is 23.1. The van der Waals surface area contributed by atoms with Gasteiger partial charge in [-0.3, -0.25) is 24.0 Å². The van der Waals surface area contributed by atoms with Gasteiger partial charge in [0.2, 0.25) is 23.6 Å². The summed E-state index contributed by atoms with van der Waals surface area (Å²) in [6, 6.07) is 9.18. The van der Waals surface area contributed by atoms with E-state index in [1.165, 1.54) is 18.2 Å². The van der Waals surface area contributed by atoms with E-state index in [2.05, 4.69) is 26.6 Å².